The Kier molecular flexibility index (Phi) is 1.98. The van der Waals surface area contributed by atoms with Gasteiger partial charge in [0.1, 0.15) is 5.76 Å². The van der Waals surface area contributed by atoms with Gasteiger partial charge in [0.2, 0.25) is 5.91 Å². The first kappa shape index (κ1) is 7.85. The van der Waals surface area contributed by atoms with Crippen LogP contribution in [-0.2, 0) is 4.79 Å². The Bertz CT molecular complexity index is 256. The number of rotatable bonds is 1. The Morgan fingerprint density at radius 2 is 2.18 bits per heavy atom. The van der Waals surface area contributed by atoms with Gasteiger partial charge in [-0.3, -0.25) is 10.1 Å². The van der Waals surface area contributed by atoms with Gasteiger partial charge in [-0.05, 0) is 19.4 Å². The van der Waals surface area contributed by atoms with Crippen LogP contribution in [-0.4, -0.2) is 5.91 Å². The molecule has 0 aliphatic rings. The molecule has 0 aliphatic heterocycles. The molecule has 1 heterocycles. The maximum atomic E-state index is 10.6. The van der Waals surface area contributed by atoms with Crippen molar-refractivity contribution < 1.29 is 9.21 Å². The Hall–Kier alpha value is -1.25. The molecule has 0 saturated heterocycles. The van der Waals surface area contributed by atoms with E-state index in [1.54, 1.807) is 6.07 Å². The number of anilines is 1. The van der Waals surface area contributed by atoms with Crippen LogP contribution >= 0.6 is 0 Å². The first-order chi connectivity index (χ1) is 5.09. The van der Waals surface area contributed by atoms with Crippen LogP contribution in [0, 0.1) is 13.8 Å². The summed E-state index contributed by atoms with van der Waals surface area (Å²) in [6, 6.07) is 1.80. The highest BCUT2D eigenvalue weighted by Gasteiger charge is 2.03. The number of aryl methyl sites for hydroxylation is 2. The van der Waals surface area contributed by atoms with Gasteiger partial charge in [0.05, 0.1) is 0 Å². The van der Waals surface area contributed by atoms with Crippen molar-refractivity contribution in [3.8, 4) is 0 Å². The molecule has 11 heavy (non-hydrogen) atoms. The Morgan fingerprint density at radius 1 is 1.55 bits per heavy atom. The van der Waals surface area contributed by atoms with Crippen molar-refractivity contribution in [1.29, 1.82) is 0 Å². The Labute approximate surface area is 65.4 Å². The van der Waals surface area contributed by atoms with Gasteiger partial charge in [0, 0.05) is 13.0 Å². The van der Waals surface area contributed by atoms with Crippen LogP contribution in [0.2, 0.25) is 0 Å². The van der Waals surface area contributed by atoms with Crippen molar-refractivity contribution in [2.75, 3.05) is 5.32 Å². The molecule has 0 aliphatic carbocycles. The Morgan fingerprint density at radius 3 is 2.55 bits per heavy atom. The summed E-state index contributed by atoms with van der Waals surface area (Å²) in [6.45, 7) is 5.25. The van der Waals surface area contributed by atoms with E-state index < -0.39 is 0 Å². The molecule has 0 radical (unpaired) electrons. The predicted octanol–water partition coefficient (Wildman–Crippen LogP) is 1.85. The molecule has 0 fully saturated rings. The molecule has 60 valence electrons. The summed E-state index contributed by atoms with van der Waals surface area (Å²) in [5.41, 5.74) is 1.05. The zero-order valence-corrected chi connectivity index (χ0v) is 6.89. The molecule has 3 heteroatoms. The number of furan rings is 1. The van der Waals surface area contributed by atoms with Gasteiger partial charge in [0.25, 0.3) is 0 Å². The maximum absolute atomic E-state index is 10.6. The number of hydrogen-bond donors (Lipinski definition) is 1. The van der Waals surface area contributed by atoms with Crippen LogP contribution in [0.4, 0.5) is 5.88 Å². The second-order valence-corrected chi connectivity index (χ2v) is 2.53. The van der Waals surface area contributed by atoms with Crippen LogP contribution in [0.1, 0.15) is 18.2 Å². The summed E-state index contributed by atoms with van der Waals surface area (Å²) in [5.74, 6) is 1.25. The third-order valence-corrected chi connectivity index (χ3v) is 1.47. The molecule has 1 aromatic rings. The van der Waals surface area contributed by atoms with Crippen LogP contribution in [0.15, 0.2) is 10.5 Å². The summed E-state index contributed by atoms with van der Waals surface area (Å²) in [4.78, 5) is 10.6. The highest BCUT2D eigenvalue weighted by atomic mass is 16.4. The minimum absolute atomic E-state index is 0.112. The number of amides is 1. The smallest absolute Gasteiger partial charge is 0.223 e. The second-order valence-electron chi connectivity index (χ2n) is 2.53. The lowest BCUT2D eigenvalue weighted by atomic mass is 10.3. The average Bonchev–Trinajstić information content (AvgIpc) is 2.10. The monoisotopic (exact) mass is 153 g/mol. The molecule has 1 amide bonds. The van der Waals surface area contributed by atoms with E-state index in [1.807, 2.05) is 13.8 Å². The van der Waals surface area contributed by atoms with Gasteiger partial charge in [-0.2, -0.15) is 0 Å². The molecule has 0 atom stereocenters. The fraction of sp³-hybridized carbons (Fsp3) is 0.375. The highest BCUT2D eigenvalue weighted by molar-refractivity contribution is 5.87. The zero-order valence-electron chi connectivity index (χ0n) is 6.89. The lowest BCUT2D eigenvalue weighted by molar-refractivity contribution is -0.114. The third kappa shape index (κ3) is 1.83. The van der Waals surface area contributed by atoms with Crippen molar-refractivity contribution in [2.24, 2.45) is 0 Å². The fourth-order valence-corrected chi connectivity index (χ4v) is 0.808. The van der Waals surface area contributed by atoms with Crippen molar-refractivity contribution in [2.45, 2.75) is 20.8 Å². The molecule has 0 saturated carbocycles. The van der Waals surface area contributed by atoms with Crippen LogP contribution in [0.5, 0.6) is 0 Å². The predicted molar refractivity (Wildman–Crippen MR) is 42.5 cm³/mol. The molecule has 0 aromatic carbocycles. The quantitative estimate of drug-likeness (QED) is 0.669. The molecular formula is C8H11NO2. The molecular weight excluding hydrogens is 142 g/mol. The zero-order chi connectivity index (χ0) is 8.43. The van der Waals surface area contributed by atoms with E-state index >= 15 is 0 Å². The summed E-state index contributed by atoms with van der Waals surface area (Å²) < 4.78 is 5.19. The van der Waals surface area contributed by atoms with E-state index in [9.17, 15) is 4.79 Å². The molecule has 1 aromatic heterocycles. The number of carbonyl (C=O) groups is 1. The fourth-order valence-electron chi connectivity index (χ4n) is 0.808. The topological polar surface area (TPSA) is 42.2 Å². The summed E-state index contributed by atoms with van der Waals surface area (Å²) in [6.07, 6.45) is 0. The summed E-state index contributed by atoms with van der Waals surface area (Å²) >= 11 is 0. The number of hydrogen-bond acceptors (Lipinski definition) is 2. The normalized spacial score (nSPS) is 9.73. The van der Waals surface area contributed by atoms with Crippen molar-refractivity contribution in [1.82, 2.24) is 0 Å². The van der Waals surface area contributed by atoms with Crippen molar-refractivity contribution in [3.63, 3.8) is 0 Å². The van der Waals surface area contributed by atoms with E-state index in [-0.39, 0.29) is 5.91 Å². The van der Waals surface area contributed by atoms with Crippen LogP contribution in [0.25, 0.3) is 0 Å². The van der Waals surface area contributed by atoms with Crippen LogP contribution in [0.3, 0.4) is 0 Å². The van der Waals surface area contributed by atoms with Gasteiger partial charge in [-0.15, -0.1) is 0 Å². The van der Waals surface area contributed by atoms with Crippen LogP contribution < -0.4 is 5.32 Å². The number of nitrogens with one attached hydrogen (secondary N) is 1. The second kappa shape index (κ2) is 2.78. The van der Waals surface area contributed by atoms with E-state index in [4.69, 9.17) is 4.42 Å². The standard InChI is InChI=1S/C8H11NO2/c1-5-4-8(9-7(3)10)11-6(5)2/h4H,1-3H3,(H,9,10). The summed E-state index contributed by atoms with van der Waals surface area (Å²) in [7, 11) is 0. The lowest BCUT2D eigenvalue weighted by Crippen LogP contribution is -2.04. The van der Waals surface area contributed by atoms with E-state index in [0.717, 1.165) is 11.3 Å². The molecule has 1 N–H and O–H groups in total. The van der Waals surface area contributed by atoms with Crippen molar-refractivity contribution in [3.05, 3.63) is 17.4 Å². The Balaban J connectivity index is 2.81. The van der Waals surface area contributed by atoms with E-state index in [0.29, 0.717) is 5.88 Å². The average molecular weight is 153 g/mol. The van der Waals surface area contributed by atoms with E-state index in [2.05, 4.69) is 5.32 Å². The SMILES string of the molecule is CC(=O)Nc1cc(C)c(C)o1. The largest absolute Gasteiger partial charge is 0.445 e. The minimum atomic E-state index is -0.112. The third-order valence-electron chi connectivity index (χ3n) is 1.47. The molecule has 1 rings (SSSR count). The van der Waals surface area contributed by atoms with Gasteiger partial charge in [0.15, 0.2) is 5.88 Å². The first-order valence-corrected chi connectivity index (χ1v) is 3.44. The molecule has 0 unspecified atom stereocenters. The molecule has 0 spiro atoms. The summed E-state index contributed by atoms with van der Waals surface area (Å²) in [5, 5.41) is 2.56. The van der Waals surface area contributed by atoms with Gasteiger partial charge in [-0.25, -0.2) is 0 Å². The van der Waals surface area contributed by atoms with Gasteiger partial charge >= 0.3 is 0 Å². The number of carbonyl (C=O) groups excluding carboxylic acids is 1. The first-order valence-electron chi connectivity index (χ1n) is 3.44. The van der Waals surface area contributed by atoms with Crippen molar-refractivity contribution >= 4 is 11.8 Å². The minimum Gasteiger partial charge on any atom is -0.445 e. The maximum Gasteiger partial charge on any atom is 0.223 e. The van der Waals surface area contributed by atoms with Gasteiger partial charge < -0.3 is 4.42 Å². The molecule has 0 bridgehead atoms. The lowest BCUT2D eigenvalue weighted by Gasteiger charge is -1.92. The van der Waals surface area contributed by atoms with E-state index in [1.165, 1.54) is 6.92 Å². The molecule has 3 nitrogen and oxygen atoms in total. The highest BCUT2D eigenvalue weighted by Crippen LogP contribution is 2.17. The van der Waals surface area contributed by atoms with Gasteiger partial charge in [-0.1, -0.05) is 0 Å².